The van der Waals surface area contributed by atoms with Crippen molar-refractivity contribution in [3.05, 3.63) is 102 Å². The van der Waals surface area contributed by atoms with E-state index in [0.717, 1.165) is 11.1 Å². The molecule has 0 unspecified atom stereocenters. The van der Waals surface area contributed by atoms with E-state index in [1.807, 2.05) is 72.8 Å². The number of carbonyl (C=O) groups is 1. The van der Waals surface area contributed by atoms with Crippen LogP contribution in [-0.2, 0) is 0 Å². The summed E-state index contributed by atoms with van der Waals surface area (Å²) < 4.78 is 5.31. The minimum absolute atomic E-state index is 0.352. The van der Waals surface area contributed by atoms with Crippen molar-refractivity contribution in [2.75, 3.05) is 0 Å². The molecule has 2 heteroatoms. The molecular formula is C21H16O2. The third-order valence-electron chi connectivity index (χ3n) is 3.37. The number of para-hydroxylation sites is 1. The van der Waals surface area contributed by atoms with Gasteiger partial charge in [-0.2, -0.15) is 0 Å². The molecule has 2 nitrogen and oxygen atoms in total. The molecule has 3 aromatic rings. The Balaban J connectivity index is 1.67. The largest absolute Gasteiger partial charge is 0.423 e. The number of hydrogen-bond acceptors (Lipinski definition) is 2. The van der Waals surface area contributed by atoms with E-state index >= 15 is 0 Å². The van der Waals surface area contributed by atoms with Crippen LogP contribution in [0.4, 0.5) is 0 Å². The molecule has 0 saturated carbocycles. The predicted octanol–water partition coefficient (Wildman–Crippen LogP) is 5.08. The fourth-order valence-corrected chi connectivity index (χ4v) is 2.14. The van der Waals surface area contributed by atoms with Gasteiger partial charge in [0.2, 0.25) is 0 Å². The molecule has 0 aliphatic heterocycles. The van der Waals surface area contributed by atoms with E-state index in [-0.39, 0.29) is 5.97 Å². The van der Waals surface area contributed by atoms with Crippen LogP contribution in [-0.4, -0.2) is 5.97 Å². The zero-order chi connectivity index (χ0) is 15.9. The van der Waals surface area contributed by atoms with Crippen LogP contribution < -0.4 is 4.74 Å². The average molecular weight is 300 g/mol. The molecule has 23 heavy (non-hydrogen) atoms. The first-order chi connectivity index (χ1) is 11.3. The van der Waals surface area contributed by atoms with Gasteiger partial charge in [0, 0.05) is 0 Å². The van der Waals surface area contributed by atoms with E-state index in [1.165, 1.54) is 0 Å². The molecule has 0 N–H and O–H groups in total. The topological polar surface area (TPSA) is 26.3 Å². The molecule has 0 heterocycles. The molecule has 0 aliphatic carbocycles. The second kappa shape index (κ2) is 7.23. The Kier molecular flexibility index (Phi) is 4.65. The smallest absolute Gasteiger partial charge is 0.343 e. The molecule has 0 atom stereocenters. The molecular weight excluding hydrogens is 284 g/mol. The minimum atomic E-state index is -0.352. The minimum Gasteiger partial charge on any atom is -0.423 e. The molecule has 0 amide bonds. The van der Waals surface area contributed by atoms with E-state index in [1.54, 1.807) is 24.3 Å². The maximum atomic E-state index is 12.1. The van der Waals surface area contributed by atoms with Crippen molar-refractivity contribution in [2.24, 2.45) is 0 Å². The Morgan fingerprint density at radius 1 is 0.652 bits per heavy atom. The molecule has 0 radical (unpaired) electrons. The first-order valence-corrected chi connectivity index (χ1v) is 7.42. The van der Waals surface area contributed by atoms with Crippen molar-refractivity contribution in [3.63, 3.8) is 0 Å². The SMILES string of the molecule is O=C(Oc1ccccc1)c1ccc(/C=C/c2ccccc2)cc1. The highest BCUT2D eigenvalue weighted by atomic mass is 16.5. The van der Waals surface area contributed by atoms with Gasteiger partial charge in [-0.1, -0.05) is 72.8 Å². The first kappa shape index (κ1) is 14.8. The van der Waals surface area contributed by atoms with Gasteiger partial charge in [0.25, 0.3) is 0 Å². The summed E-state index contributed by atoms with van der Waals surface area (Å²) in [6.45, 7) is 0. The zero-order valence-electron chi connectivity index (χ0n) is 12.6. The summed E-state index contributed by atoms with van der Waals surface area (Å²) in [7, 11) is 0. The van der Waals surface area contributed by atoms with Crippen molar-refractivity contribution in [1.82, 2.24) is 0 Å². The first-order valence-electron chi connectivity index (χ1n) is 7.42. The van der Waals surface area contributed by atoms with Crippen LogP contribution in [0.2, 0.25) is 0 Å². The normalized spacial score (nSPS) is 10.6. The Labute approximate surface area is 135 Å². The maximum Gasteiger partial charge on any atom is 0.343 e. The number of esters is 1. The van der Waals surface area contributed by atoms with Crippen molar-refractivity contribution < 1.29 is 9.53 Å². The van der Waals surface area contributed by atoms with Gasteiger partial charge in [-0.3, -0.25) is 0 Å². The summed E-state index contributed by atoms with van der Waals surface area (Å²) in [4.78, 5) is 12.1. The Hall–Kier alpha value is -3.13. The highest BCUT2D eigenvalue weighted by molar-refractivity contribution is 5.91. The molecule has 112 valence electrons. The molecule has 0 aromatic heterocycles. The highest BCUT2D eigenvalue weighted by Crippen LogP contribution is 2.14. The fourth-order valence-electron chi connectivity index (χ4n) is 2.14. The van der Waals surface area contributed by atoms with E-state index < -0.39 is 0 Å². The molecule has 0 fully saturated rings. The lowest BCUT2D eigenvalue weighted by Crippen LogP contribution is -2.08. The van der Waals surface area contributed by atoms with Crippen LogP contribution in [0.25, 0.3) is 12.2 Å². The van der Waals surface area contributed by atoms with Gasteiger partial charge in [0.05, 0.1) is 5.56 Å². The molecule has 0 bridgehead atoms. The third-order valence-corrected chi connectivity index (χ3v) is 3.37. The lowest BCUT2D eigenvalue weighted by Gasteiger charge is -2.04. The van der Waals surface area contributed by atoms with E-state index in [4.69, 9.17) is 4.74 Å². The van der Waals surface area contributed by atoms with Gasteiger partial charge in [0.15, 0.2) is 0 Å². The van der Waals surface area contributed by atoms with E-state index in [0.29, 0.717) is 11.3 Å². The van der Waals surface area contributed by atoms with Gasteiger partial charge >= 0.3 is 5.97 Å². The number of ether oxygens (including phenoxy) is 1. The predicted molar refractivity (Wildman–Crippen MR) is 93.2 cm³/mol. The van der Waals surface area contributed by atoms with Crippen molar-refractivity contribution in [1.29, 1.82) is 0 Å². The van der Waals surface area contributed by atoms with E-state index in [2.05, 4.69) is 0 Å². The van der Waals surface area contributed by atoms with Gasteiger partial charge in [-0.05, 0) is 35.4 Å². The molecule has 0 aliphatic rings. The summed E-state index contributed by atoms with van der Waals surface area (Å²) in [6, 6.07) is 26.5. The highest BCUT2D eigenvalue weighted by Gasteiger charge is 2.07. The average Bonchev–Trinajstić information content (AvgIpc) is 2.62. The van der Waals surface area contributed by atoms with Crippen molar-refractivity contribution in [3.8, 4) is 5.75 Å². The summed E-state index contributed by atoms with van der Waals surface area (Å²) in [6.07, 6.45) is 4.05. The van der Waals surface area contributed by atoms with Crippen molar-refractivity contribution >= 4 is 18.1 Å². The van der Waals surface area contributed by atoms with Crippen LogP contribution in [0.15, 0.2) is 84.9 Å². The Morgan fingerprint density at radius 3 is 1.78 bits per heavy atom. The summed E-state index contributed by atoms with van der Waals surface area (Å²) >= 11 is 0. The molecule has 0 saturated heterocycles. The van der Waals surface area contributed by atoms with Gasteiger partial charge in [0.1, 0.15) is 5.75 Å². The fraction of sp³-hybridized carbons (Fsp3) is 0. The quantitative estimate of drug-likeness (QED) is 0.382. The number of carbonyl (C=O) groups excluding carboxylic acids is 1. The second-order valence-electron chi connectivity index (χ2n) is 5.07. The lowest BCUT2D eigenvalue weighted by atomic mass is 10.1. The van der Waals surface area contributed by atoms with Crippen LogP contribution >= 0.6 is 0 Å². The van der Waals surface area contributed by atoms with Crippen LogP contribution in [0.3, 0.4) is 0 Å². The van der Waals surface area contributed by atoms with Gasteiger partial charge < -0.3 is 4.74 Å². The van der Waals surface area contributed by atoms with Gasteiger partial charge in [-0.25, -0.2) is 4.79 Å². The maximum absolute atomic E-state index is 12.1. The zero-order valence-corrected chi connectivity index (χ0v) is 12.6. The molecule has 0 spiro atoms. The lowest BCUT2D eigenvalue weighted by molar-refractivity contribution is 0.0735. The molecule has 3 aromatic carbocycles. The summed E-state index contributed by atoms with van der Waals surface area (Å²) in [5, 5.41) is 0. The summed E-state index contributed by atoms with van der Waals surface area (Å²) in [5.74, 6) is 0.195. The third kappa shape index (κ3) is 4.17. The van der Waals surface area contributed by atoms with Crippen LogP contribution in [0.1, 0.15) is 21.5 Å². The Bertz CT molecular complexity index is 788. The standard InChI is InChI=1S/C21H16O2/c22-21(23-20-9-5-2-6-10-20)19-15-13-18(14-16-19)12-11-17-7-3-1-4-8-17/h1-16H/b12-11+. The monoisotopic (exact) mass is 300 g/mol. The van der Waals surface area contributed by atoms with Gasteiger partial charge in [-0.15, -0.1) is 0 Å². The number of hydrogen-bond donors (Lipinski definition) is 0. The Morgan fingerprint density at radius 2 is 1.17 bits per heavy atom. The second-order valence-corrected chi connectivity index (χ2v) is 5.07. The molecule has 3 rings (SSSR count). The van der Waals surface area contributed by atoms with Crippen LogP contribution in [0, 0.1) is 0 Å². The van der Waals surface area contributed by atoms with Crippen molar-refractivity contribution in [2.45, 2.75) is 0 Å². The number of rotatable bonds is 4. The van der Waals surface area contributed by atoms with E-state index in [9.17, 15) is 4.79 Å². The summed E-state index contributed by atoms with van der Waals surface area (Å²) in [5.41, 5.74) is 2.70. The van der Waals surface area contributed by atoms with Crippen LogP contribution in [0.5, 0.6) is 5.75 Å². The number of benzene rings is 3.